The van der Waals surface area contributed by atoms with Gasteiger partial charge in [0.1, 0.15) is 0 Å². The minimum Gasteiger partial charge on any atom is -0.303 e. The van der Waals surface area contributed by atoms with E-state index < -0.39 is 0 Å². The molecular formula is C16H19N. The summed E-state index contributed by atoms with van der Waals surface area (Å²) < 4.78 is 0. The van der Waals surface area contributed by atoms with Crippen molar-refractivity contribution in [2.45, 2.75) is 13.0 Å². The number of nitrogens with zero attached hydrogens (tertiary/aromatic N) is 1. The highest BCUT2D eigenvalue weighted by Crippen LogP contribution is 2.23. The summed E-state index contributed by atoms with van der Waals surface area (Å²) >= 11 is 0. The summed E-state index contributed by atoms with van der Waals surface area (Å²) in [7, 11) is 4.21. The molecule has 0 radical (unpaired) electrons. The van der Waals surface area contributed by atoms with Crippen molar-refractivity contribution < 1.29 is 0 Å². The molecule has 88 valence electrons. The molecule has 17 heavy (non-hydrogen) atoms. The number of benzene rings is 2. The third kappa shape index (κ3) is 2.75. The van der Waals surface area contributed by atoms with Crippen molar-refractivity contribution in [3.8, 4) is 11.1 Å². The molecule has 2 rings (SSSR count). The van der Waals surface area contributed by atoms with Crippen molar-refractivity contribution in [1.29, 1.82) is 0 Å². The first-order chi connectivity index (χ1) is 8.18. The van der Waals surface area contributed by atoms with E-state index in [0.717, 1.165) is 0 Å². The van der Waals surface area contributed by atoms with E-state index in [2.05, 4.69) is 74.4 Å². The van der Waals surface area contributed by atoms with Gasteiger partial charge in [-0.25, -0.2) is 0 Å². The summed E-state index contributed by atoms with van der Waals surface area (Å²) in [4.78, 5) is 2.22. The first kappa shape index (κ1) is 11.9. The lowest BCUT2D eigenvalue weighted by Crippen LogP contribution is -2.16. The fourth-order valence-electron chi connectivity index (χ4n) is 1.88. The molecule has 0 spiro atoms. The average molecular weight is 225 g/mol. The molecule has 2 aromatic rings. The van der Waals surface area contributed by atoms with Crippen LogP contribution < -0.4 is 0 Å². The molecule has 0 saturated heterocycles. The summed E-state index contributed by atoms with van der Waals surface area (Å²) in [6.45, 7) is 2.22. The topological polar surface area (TPSA) is 3.24 Å². The minimum absolute atomic E-state index is 0.458. The van der Waals surface area contributed by atoms with Crippen LogP contribution in [0.5, 0.6) is 0 Å². The molecule has 1 nitrogen and oxygen atoms in total. The second-order valence-corrected chi connectivity index (χ2v) is 4.63. The Morgan fingerprint density at radius 3 is 1.82 bits per heavy atom. The number of hydrogen-bond donors (Lipinski definition) is 0. The van der Waals surface area contributed by atoms with E-state index in [9.17, 15) is 0 Å². The van der Waals surface area contributed by atoms with Crippen molar-refractivity contribution in [3.05, 3.63) is 60.2 Å². The van der Waals surface area contributed by atoms with Crippen molar-refractivity contribution in [2.24, 2.45) is 0 Å². The van der Waals surface area contributed by atoms with Crippen LogP contribution in [0.4, 0.5) is 0 Å². The lowest BCUT2D eigenvalue weighted by molar-refractivity contribution is 0.321. The van der Waals surface area contributed by atoms with E-state index in [1.54, 1.807) is 0 Å². The smallest absolute Gasteiger partial charge is 0.0313 e. The molecule has 0 saturated carbocycles. The van der Waals surface area contributed by atoms with Gasteiger partial charge in [-0.2, -0.15) is 0 Å². The first-order valence-electron chi connectivity index (χ1n) is 6.00. The molecule has 0 aliphatic heterocycles. The summed E-state index contributed by atoms with van der Waals surface area (Å²) in [6.07, 6.45) is 0. The van der Waals surface area contributed by atoms with Gasteiger partial charge in [0.25, 0.3) is 0 Å². The van der Waals surface area contributed by atoms with Crippen LogP contribution in [0.25, 0.3) is 11.1 Å². The van der Waals surface area contributed by atoms with Gasteiger partial charge in [0.05, 0.1) is 0 Å². The number of rotatable bonds is 3. The van der Waals surface area contributed by atoms with Gasteiger partial charge in [-0.15, -0.1) is 0 Å². The Morgan fingerprint density at radius 2 is 1.29 bits per heavy atom. The summed E-state index contributed by atoms with van der Waals surface area (Å²) in [5.41, 5.74) is 3.91. The Balaban J connectivity index is 2.25. The third-order valence-corrected chi connectivity index (χ3v) is 3.27. The van der Waals surface area contributed by atoms with Gasteiger partial charge in [0, 0.05) is 6.04 Å². The van der Waals surface area contributed by atoms with Crippen molar-refractivity contribution in [1.82, 2.24) is 4.90 Å². The molecule has 0 aliphatic carbocycles. The van der Waals surface area contributed by atoms with Crippen LogP contribution in [0.2, 0.25) is 0 Å². The quantitative estimate of drug-likeness (QED) is 0.763. The molecule has 0 amide bonds. The van der Waals surface area contributed by atoms with Crippen LogP contribution in [-0.4, -0.2) is 19.0 Å². The summed E-state index contributed by atoms with van der Waals surface area (Å²) in [5, 5.41) is 0. The maximum Gasteiger partial charge on any atom is 0.0313 e. The molecular weight excluding hydrogens is 206 g/mol. The highest BCUT2D eigenvalue weighted by molar-refractivity contribution is 5.63. The Morgan fingerprint density at radius 1 is 0.765 bits per heavy atom. The van der Waals surface area contributed by atoms with Crippen LogP contribution in [0.3, 0.4) is 0 Å². The predicted molar refractivity (Wildman–Crippen MR) is 74.0 cm³/mol. The summed E-state index contributed by atoms with van der Waals surface area (Å²) in [6, 6.07) is 19.8. The van der Waals surface area contributed by atoms with Gasteiger partial charge < -0.3 is 4.90 Å². The van der Waals surface area contributed by atoms with E-state index in [0.29, 0.717) is 6.04 Å². The van der Waals surface area contributed by atoms with Crippen LogP contribution in [0.15, 0.2) is 54.6 Å². The molecule has 0 fully saturated rings. The minimum atomic E-state index is 0.458. The second kappa shape index (κ2) is 5.15. The zero-order chi connectivity index (χ0) is 12.3. The van der Waals surface area contributed by atoms with E-state index in [1.165, 1.54) is 16.7 Å². The fourth-order valence-corrected chi connectivity index (χ4v) is 1.88. The van der Waals surface area contributed by atoms with Gasteiger partial charge in [0.15, 0.2) is 0 Å². The van der Waals surface area contributed by atoms with Gasteiger partial charge in [-0.3, -0.25) is 0 Å². The highest BCUT2D eigenvalue weighted by atomic mass is 15.1. The lowest BCUT2D eigenvalue weighted by atomic mass is 10.0. The van der Waals surface area contributed by atoms with Crippen LogP contribution >= 0.6 is 0 Å². The zero-order valence-electron chi connectivity index (χ0n) is 10.7. The third-order valence-electron chi connectivity index (χ3n) is 3.27. The summed E-state index contributed by atoms with van der Waals surface area (Å²) in [5.74, 6) is 0. The monoisotopic (exact) mass is 225 g/mol. The average Bonchev–Trinajstić information content (AvgIpc) is 2.39. The molecule has 2 aromatic carbocycles. The standard InChI is InChI=1S/C16H19N/c1-13(17(2)3)14-9-11-16(12-10-14)15-7-5-4-6-8-15/h4-13H,1-3H3. The molecule has 1 unspecified atom stereocenters. The van der Waals surface area contributed by atoms with E-state index in [1.807, 2.05) is 6.07 Å². The van der Waals surface area contributed by atoms with Crippen LogP contribution in [0, 0.1) is 0 Å². The predicted octanol–water partition coefficient (Wildman–Crippen LogP) is 3.98. The zero-order valence-corrected chi connectivity index (χ0v) is 10.7. The number of hydrogen-bond acceptors (Lipinski definition) is 1. The first-order valence-corrected chi connectivity index (χ1v) is 6.00. The molecule has 1 atom stereocenters. The maximum atomic E-state index is 2.22. The molecule has 0 N–H and O–H groups in total. The van der Waals surface area contributed by atoms with Crippen molar-refractivity contribution >= 4 is 0 Å². The molecule has 0 aromatic heterocycles. The van der Waals surface area contributed by atoms with Crippen molar-refractivity contribution in [3.63, 3.8) is 0 Å². The Kier molecular flexibility index (Phi) is 3.60. The molecule has 0 heterocycles. The van der Waals surface area contributed by atoms with E-state index in [4.69, 9.17) is 0 Å². The van der Waals surface area contributed by atoms with Crippen LogP contribution in [-0.2, 0) is 0 Å². The van der Waals surface area contributed by atoms with E-state index >= 15 is 0 Å². The van der Waals surface area contributed by atoms with Gasteiger partial charge in [-0.05, 0) is 37.7 Å². The largest absolute Gasteiger partial charge is 0.303 e. The Labute approximate surface area is 104 Å². The highest BCUT2D eigenvalue weighted by Gasteiger charge is 2.07. The molecule has 0 bridgehead atoms. The van der Waals surface area contributed by atoms with Crippen LogP contribution in [0.1, 0.15) is 18.5 Å². The Hall–Kier alpha value is -1.60. The van der Waals surface area contributed by atoms with E-state index in [-0.39, 0.29) is 0 Å². The van der Waals surface area contributed by atoms with Gasteiger partial charge >= 0.3 is 0 Å². The SMILES string of the molecule is CC(c1ccc(-c2ccccc2)cc1)N(C)C. The molecule has 0 aliphatic rings. The van der Waals surface area contributed by atoms with Gasteiger partial charge in [0.2, 0.25) is 0 Å². The Bertz CT molecular complexity index is 457. The normalized spacial score (nSPS) is 12.7. The lowest BCUT2D eigenvalue weighted by Gasteiger charge is -2.20. The fraction of sp³-hybridized carbons (Fsp3) is 0.250. The maximum absolute atomic E-state index is 2.22. The van der Waals surface area contributed by atoms with Gasteiger partial charge in [-0.1, -0.05) is 54.6 Å². The van der Waals surface area contributed by atoms with Crippen molar-refractivity contribution in [2.75, 3.05) is 14.1 Å². The second-order valence-electron chi connectivity index (χ2n) is 4.63. The molecule has 1 heteroatoms.